The Hall–Kier alpha value is -4.31. The van der Waals surface area contributed by atoms with Crippen LogP contribution < -0.4 is 19.5 Å². The van der Waals surface area contributed by atoms with E-state index in [1.54, 1.807) is 60.7 Å². The predicted molar refractivity (Wildman–Crippen MR) is 133 cm³/mol. The largest absolute Gasteiger partial charge is 0.491 e. The van der Waals surface area contributed by atoms with Crippen LogP contribution in [0.1, 0.15) is 31.9 Å². The van der Waals surface area contributed by atoms with Gasteiger partial charge in [-0.1, -0.05) is 30.3 Å². The Bertz CT molecular complexity index is 1250. The summed E-state index contributed by atoms with van der Waals surface area (Å²) in [5.74, 6) is 0.571. The average molecular weight is 475 g/mol. The van der Waals surface area contributed by atoms with E-state index in [1.807, 2.05) is 26.8 Å². The number of nitrogens with zero attached hydrogens (tertiary/aromatic N) is 1. The highest BCUT2D eigenvalue weighted by Gasteiger charge is 2.13. The minimum Gasteiger partial charge on any atom is -0.491 e. The summed E-state index contributed by atoms with van der Waals surface area (Å²) in [4.78, 5) is 12.7. The summed E-state index contributed by atoms with van der Waals surface area (Å²) >= 11 is 0. The Balaban J connectivity index is 1.77. The van der Waals surface area contributed by atoms with Crippen LogP contribution in [0.25, 0.3) is 6.08 Å². The second-order valence-electron chi connectivity index (χ2n) is 7.84. The zero-order valence-electron chi connectivity index (χ0n) is 19.9. The van der Waals surface area contributed by atoms with Gasteiger partial charge in [-0.05, 0) is 62.7 Å². The summed E-state index contributed by atoms with van der Waals surface area (Å²) in [5.41, 5.74) is 1.43. The fourth-order valence-corrected chi connectivity index (χ4v) is 3.21. The van der Waals surface area contributed by atoms with Gasteiger partial charge in [-0.15, -0.1) is 0 Å². The third kappa shape index (κ3) is 7.34. The molecule has 1 N–H and O–H groups in total. The highest BCUT2D eigenvalue weighted by Crippen LogP contribution is 2.30. The summed E-state index contributed by atoms with van der Waals surface area (Å²) in [6, 6.07) is 20.3. The topological polar surface area (TPSA) is 80.6 Å². The van der Waals surface area contributed by atoms with Gasteiger partial charge in [-0.2, -0.15) is 5.26 Å². The number of hydrogen-bond donors (Lipinski definition) is 1. The van der Waals surface area contributed by atoms with E-state index in [9.17, 15) is 14.4 Å². The maximum atomic E-state index is 13.9. The third-order valence-electron chi connectivity index (χ3n) is 4.75. The molecule has 6 nitrogen and oxygen atoms in total. The van der Waals surface area contributed by atoms with Crippen molar-refractivity contribution in [3.63, 3.8) is 0 Å². The molecule has 35 heavy (non-hydrogen) atoms. The Morgan fingerprint density at radius 3 is 2.57 bits per heavy atom. The fraction of sp³-hybridized carbons (Fsp3) is 0.214. The highest BCUT2D eigenvalue weighted by molar-refractivity contribution is 6.09. The van der Waals surface area contributed by atoms with Crippen LogP contribution in [-0.2, 0) is 11.4 Å². The van der Waals surface area contributed by atoms with Gasteiger partial charge in [0.1, 0.15) is 29.8 Å². The van der Waals surface area contributed by atoms with Crippen molar-refractivity contribution >= 4 is 17.7 Å². The molecule has 7 heteroatoms. The van der Waals surface area contributed by atoms with Crippen molar-refractivity contribution in [1.29, 1.82) is 5.26 Å². The van der Waals surface area contributed by atoms with Gasteiger partial charge in [-0.25, -0.2) is 4.39 Å². The molecular weight excluding hydrogens is 447 g/mol. The van der Waals surface area contributed by atoms with E-state index in [2.05, 4.69) is 5.32 Å². The Labute approximate surface area is 204 Å². The lowest BCUT2D eigenvalue weighted by Crippen LogP contribution is -2.13. The first-order valence-corrected chi connectivity index (χ1v) is 11.2. The lowest BCUT2D eigenvalue weighted by atomic mass is 10.1. The molecule has 3 rings (SSSR count). The van der Waals surface area contributed by atoms with Crippen molar-refractivity contribution in [1.82, 2.24) is 0 Å². The monoisotopic (exact) mass is 474 g/mol. The number of benzene rings is 3. The molecule has 0 heterocycles. The number of amides is 1. The molecule has 180 valence electrons. The van der Waals surface area contributed by atoms with Gasteiger partial charge in [0.05, 0.1) is 12.7 Å². The molecule has 0 aliphatic rings. The van der Waals surface area contributed by atoms with Crippen LogP contribution >= 0.6 is 0 Å². The van der Waals surface area contributed by atoms with Crippen LogP contribution in [0.3, 0.4) is 0 Å². The van der Waals surface area contributed by atoms with Crippen molar-refractivity contribution in [2.75, 3.05) is 11.9 Å². The molecule has 0 spiro atoms. The molecule has 0 unspecified atom stereocenters. The number of anilines is 1. The van der Waals surface area contributed by atoms with E-state index in [0.717, 1.165) is 0 Å². The quantitative estimate of drug-likeness (QED) is 0.282. The van der Waals surface area contributed by atoms with Gasteiger partial charge in [-0.3, -0.25) is 4.79 Å². The van der Waals surface area contributed by atoms with E-state index >= 15 is 0 Å². The Morgan fingerprint density at radius 1 is 1.06 bits per heavy atom. The molecule has 3 aromatic carbocycles. The number of carbonyl (C=O) groups is 1. The molecule has 0 atom stereocenters. The second kappa shape index (κ2) is 12.2. The van der Waals surface area contributed by atoms with Gasteiger partial charge in [0.25, 0.3) is 5.91 Å². The molecule has 3 aromatic rings. The summed E-state index contributed by atoms with van der Waals surface area (Å²) in [7, 11) is 0. The lowest BCUT2D eigenvalue weighted by molar-refractivity contribution is -0.112. The van der Waals surface area contributed by atoms with E-state index in [1.165, 1.54) is 12.1 Å². The molecule has 0 aliphatic carbocycles. The number of nitrogens with one attached hydrogen (secondary N) is 1. The highest BCUT2D eigenvalue weighted by atomic mass is 19.1. The minimum atomic E-state index is -0.549. The third-order valence-corrected chi connectivity index (χ3v) is 4.75. The molecule has 0 fully saturated rings. The zero-order chi connectivity index (χ0) is 25.2. The molecule has 0 saturated carbocycles. The SMILES string of the molecule is CCOc1cc(/C=C(/C#N)C(=O)Nc2cccc(OC(C)C)c2)ccc1OCc1ccccc1F. The molecule has 0 aromatic heterocycles. The van der Waals surface area contributed by atoms with Crippen molar-refractivity contribution in [2.45, 2.75) is 33.5 Å². The van der Waals surface area contributed by atoms with Gasteiger partial charge in [0.2, 0.25) is 0 Å². The average Bonchev–Trinajstić information content (AvgIpc) is 2.83. The number of hydrogen-bond acceptors (Lipinski definition) is 5. The van der Waals surface area contributed by atoms with E-state index in [-0.39, 0.29) is 24.1 Å². The van der Waals surface area contributed by atoms with Gasteiger partial charge in [0, 0.05) is 17.3 Å². The smallest absolute Gasteiger partial charge is 0.266 e. The lowest BCUT2D eigenvalue weighted by Gasteiger charge is -2.13. The Morgan fingerprint density at radius 2 is 1.86 bits per heavy atom. The summed E-state index contributed by atoms with van der Waals surface area (Å²) in [6.07, 6.45) is 1.46. The summed E-state index contributed by atoms with van der Waals surface area (Å²) in [6.45, 7) is 6.06. The van der Waals surface area contributed by atoms with Crippen molar-refractivity contribution < 1.29 is 23.4 Å². The maximum absolute atomic E-state index is 13.9. The predicted octanol–water partition coefficient (Wildman–Crippen LogP) is 6.14. The molecule has 0 saturated heterocycles. The van der Waals surface area contributed by atoms with Crippen LogP contribution in [0.4, 0.5) is 10.1 Å². The fourth-order valence-electron chi connectivity index (χ4n) is 3.21. The Kier molecular flexibility index (Phi) is 8.85. The molecule has 0 aliphatic heterocycles. The first-order chi connectivity index (χ1) is 16.9. The normalized spacial score (nSPS) is 11.0. The van der Waals surface area contributed by atoms with E-state index < -0.39 is 5.91 Å². The van der Waals surface area contributed by atoms with Gasteiger partial charge in [0.15, 0.2) is 11.5 Å². The summed E-state index contributed by atoms with van der Waals surface area (Å²) in [5, 5.41) is 12.3. The van der Waals surface area contributed by atoms with Crippen molar-refractivity contribution in [3.05, 3.63) is 89.2 Å². The van der Waals surface area contributed by atoms with Crippen LogP contribution in [0.15, 0.2) is 72.3 Å². The number of halogens is 1. The number of rotatable bonds is 10. The first-order valence-electron chi connectivity index (χ1n) is 11.2. The minimum absolute atomic E-state index is 0.00581. The zero-order valence-corrected chi connectivity index (χ0v) is 19.9. The van der Waals surface area contributed by atoms with E-state index in [4.69, 9.17) is 14.2 Å². The number of ether oxygens (including phenoxy) is 3. The van der Waals surface area contributed by atoms with Crippen molar-refractivity contribution in [3.8, 4) is 23.3 Å². The molecule has 0 radical (unpaired) electrons. The second-order valence-corrected chi connectivity index (χ2v) is 7.84. The van der Waals surface area contributed by atoms with Crippen molar-refractivity contribution in [2.24, 2.45) is 0 Å². The van der Waals surface area contributed by atoms with Gasteiger partial charge >= 0.3 is 0 Å². The molecule has 0 bridgehead atoms. The summed E-state index contributed by atoms with van der Waals surface area (Å²) < 4.78 is 31.0. The van der Waals surface area contributed by atoms with Crippen LogP contribution in [0, 0.1) is 17.1 Å². The molecule has 1 amide bonds. The number of carbonyl (C=O) groups excluding carboxylic acids is 1. The number of nitriles is 1. The standard InChI is InChI=1S/C28H27FN2O4/c1-4-33-27-15-20(12-13-26(27)34-18-21-8-5-6-11-25(21)29)14-22(17-30)28(32)31-23-9-7-10-24(16-23)35-19(2)3/h5-16,19H,4,18H2,1-3H3,(H,31,32)/b22-14-. The maximum Gasteiger partial charge on any atom is 0.266 e. The van der Waals surface area contributed by atoms with Crippen LogP contribution in [0.2, 0.25) is 0 Å². The first kappa shape index (κ1) is 25.3. The van der Waals surface area contributed by atoms with Crippen LogP contribution in [-0.4, -0.2) is 18.6 Å². The van der Waals surface area contributed by atoms with Crippen LogP contribution in [0.5, 0.6) is 17.2 Å². The molecular formula is C28H27FN2O4. The van der Waals surface area contributed by atoms with E-state index in [0.29, 0.717) is 40.7 Å². The van der Waals surface area contributed by atoms with Gasteiger partial charge < -0.3 is 19.5 Å².